The van der Waals surface area contributed by atoms with Crippen molar-refractivity contribution < 1.29 is 9.47 Å². The second kappa shape index (κ2) is 9.26. The molecule has 5 heterocycles. The third kappa shape index (κ3) is 4.81. The average molecular weight is 481 g/mol. The summed E-state index contributed by atoms with van der Waals surface area (Å²) < 4.78 is 13.8. The molecule has 0 radical (unpaired) electrons. The van der Waals surface area contributed by atoms with Gasteiger partial charge in [0.25, 0.3) is 0 Å². The maximum Gasteiger partial charge on any atom is 0.175 e. The van der Waals surface area contributed by atoms with E-state index in [4.69, 9.17) is 21.1 Å². The van der Waals surface area contributed by atoms with Gasteiger partial charge >= 0.3 is 0 Å². The molecule has 3 aromatic heterocycles. The number of anilines is 1. The van der Waals surface area contributed by atoms with Crippen molar-refractivity contribution >= 4 is 17.3 Å². The number of imidazole rings is 1. The molecule has 0 unspecified atom stereocenters. The third-order valence-electron chi connectivity index (χ3n) is 7.02. The average Bonchev–Trinajstić information content (AvgIpc) is 3.47. The zero-order valence-electron chi connectivity index (χ0n) is 19.1. The third-order valence-corrected chi connectivity index (χ3v) is 7.31. The number of halogens is 1. The van der Waals surface area contributed by atoms with Crippen molar-refractivity contribution in [3.8, 4) is 11.4 Å². The Kier molecular flexibility index (Phi) is 5.99. The van der Waals surface area contributed by atoms with Crippen LogP contribution in [0.4, 0.5) is 5.69 Å². The van der Waals surface area contributed by atoms with E-state index in [0.717, 1.165) is 63.0 Å². The van der Waals surface area contributed by atoms with Crippen molar-refractivity contribution in [2.24, 2.45) is 5.41 Å². The van der Waals surface area contributed by atoms with Crippen LogP contribution in [0.1, 0.15) is 18.5 Å². The van der Waals surface area contributed by atoms with E-state index in [-0.39, 0.29) is 6.29 Å². The molecule has 178 valence electrons. The number of hydrogen-bond acceptors (Lipinski definition) is 7. The molecule has 3 aliphatic rings. The number of rotatable bonds is 6. The molecule has 6 rings (SSSR count). The van der Waals surface area contributed by atoms with Gasteiger partial charge in [0.05, 0.1) is 48.7 Å². The maximum absolute atomic E-state index is 6.65. The molecule has 2 saturated heterocycles. The number of aromatic nitrogens is 4. The van der Waals surface area contributed by atoms with Crippen LogP contribution in [0.25, 0.3) is 11.4 Å². The van der Waals surface area contributed by atoms with Crippen LogP contribution >= 0.6 is 11.6 Å². The first-order chi connectivity index (χ1) is 16.7. The van der Waals surface area contributed by atoms with E-state index in [1.165, 1.54) is 12.8 Å². The highest BCUT2D eigenvalue weighted by atomic mass is 35.5. The molecule has 34 heavy (non-hydrogen) atoms. The molecule has 3 aromatic rings. The molecule has 0 aromatic carbocycles. The molecule has 3 fully saturated rings. The van der Waals surface area contributed by atoms with Crippen molar-refractivity contribution in [2.45, 2.75) is 32.2 Å². The SMILES string of the molecule is Clc1cc(N2CCN(Cc3ccccn3)CC2)cnc1-c1cn(CC2OCC3(CC3)CO2)cn1. The summed E-state index contributed by atoms with van der Waals surface area (Å²) in [5, 5.41) is 0.611. The minimum atomic E-state index is -0.226. The molecule has 9 heteroatoms. The van der Waals surface area contributed by atoms with E-state index < -0.39 is 0 Å². The minimum absolute atomic E-state index is 0.226. The zero-order chi connectivity index (χ0) is 23.0. The van der Waals surface area contributed by atoms with Crippen LogP contribution in [-0.2, 0) is 22.6 Å². The summed E-state index contributed by atoms with van der Waals surface area (Å²) in [7, 11) is 0. The first-order valence-corrected chi connectivity index (χ1v) is 12.3. The van der Waals surface area contributed by atoms with E-state index in [2.05, 4.69) is 30.8 Å². The van der Waals surface area contributed by atoms with Gasteiger partial charge in [0, 0.05) is 50.5 Å². The van der Waals surface area contributed by atoms with Gasteiger partial charge in [0.1, 0.15) is 11.4 Å². The number of nitrogens with zero attached hydrogens (tertiary/aromatic N) is 6. The Morgan fingerprint density at radius 3 is 2.56 bits per heavy atom. The van der Waals surface area contributed by atoms with Gasteiger partial charge in [0.15, 0.2) is 6.29 Å². The van der Waals surface area contributed by atoms with Gasteiger partial charge in [-0.05, 0) is 31.0 Å². The summed E-state index contributed by atoms with van der Waals surface area (Å²) in [6, 6.07) is 8.07. The molecule has 1 spiro atoms. The van der Waals surface area contributed by atoms with Gasteiger partial charge in [-0.1, -0.05) is 17.7 Å². The second-order valence-corrected chi connectivity index (χ2v) is 10.0. The standard InChI is InChI=1S/C25H29ClN6O2/c26-21-11-20(32-9-7-30(8-10-32)13-19-3-1-2-6-27-19)12-28-24(21)22-14-31(18-29-22)15-23-33-16-25(4-5-25)17-34-23/h1-3,6,11-12,14,18,23H,4-5,7-10,13,15-17H2. The summed E-state index contributed by atoms with van der Waals surface area (Å²) >= 11 is 6.65. The van der Waals surface area contributed by atoms with Crippen molar-refractivity contribution in [3.63, 3.8) is 0 Å². The van der Waals surface area contributed by atoms with Gasteiger partial charge in [-0.15, -0.1) is 0 Å². The van der Waals surface area contributed by atoms with Gasteiger partial charge in [-0.3, -0.25) is 14.9 Å². The summed E-state index contributed by atoms with van der Waals surface area (Å²) in [5.41, 5.74) is 3.91. The molecule has 2 aliphatic heterocycles. The Morgan fingerprint density at radius 2 is 1.85 bits per heavy atom. The van der Waals surface area contributed by atoms with Crippen molar-refractivity contribution in [3.05, 3.63) is 59.9 Å². The quantitative estimate of drug-likeness (QED) is 0.535. The fraction of sp³-hybridized carbons (Fsp3) is 0.480. The summed E-state index contributed by atoms with van der Waals surface area (Å²) in [4.78, 5) is 18.4. The Bertz CT molecular complexity index is 1120. The molecular formula is C25H29ClN6O2. The fourth-order valence-electron chi connectivity index (χ4n) is 4.63. The number of hydrogen-bond donors (Lipinski definition) is 0. The van der Waals surface area contributed by atoms with E-state index in [0.29, 0.717) is 22.7 Å². The molecule has 0 amide bonds. The molecule has 0 bridgehead atoms. The van der Waals surface area contributed by atoms with Crippen molar-refractivity contribution in [1.82, 2.24) is 24.4 Å². The van der Waals surface area contributed by atoms with Crippen LogP contribution in [0.5, 0.6) is 0 Å². The number of ether oxygens (including phenoxy) is 2. The Balaban J connectivity index is 1.05. The highest BCUT2D eigenvalue weighted by Gasteiger charge is 2.46. The Hall–Kier alpha value is -2.52. The Labute approximate surface area is 204 Å². The van der Waals surface area contributed by atoms with Crippen LogP contribution in [0.2, 0.25) is 5.02 Å². The lowest BCUT2D eigenvalue weighted by Crippen LogP contribution is -2.46. The highest BCUT2D eigenvalue weighted by molar-refractivity contribution is 6.33. The lowest BCUT2D eigenvalue weighted by Gasteiger charge is -2.35. The van der Waals surface area contributed by atoms with Gasteiger partial charge in [0.2, 0.25) is 0 Å². The lowest BCUT2D eigenvalue weighted by molar-refractivity contribution is -0.212. The number of piperazine rings is 1. The molecule has 0 N–H and O–H groups in total. The van der Waals surface area contributed by atoms with E-state index in [1.807, 2.05) is 41.4 Å². The van der Waals surface area contributed by atoms with Crippen LogP contribution in [-0.4, -0.2) is 70.1 Å². The first-order valence-electron chi connectivity index (χ1n) is 11.9. The first kappa shape index (κ1) is 22.0. The number of pyridine rings is 2. The second-order valence-electron chi connectivity index (χ2n) is 9.62. The van der Waals surface area contributed by atoms with E-state index >= 15 is 0 Å². The highest BCUT2D eigenvalue weighted by Crippen LogP contribution is 2.48. The van der Waals surface area contributed by atoms with Gasteiger partial charge in [-0.2, -0.15) is 0 Å². The monoisotopic (exact) mass is 480 g/mol. The summed E-state index contributed by atoms with van der Waals surface area (Å²) in [5.74, 6) is 0. The maximum atomic E-state index is 6.65. The summed E-state index contributed by atoms with van der Waals surface area (Å²) in [6.45, 7) is 6.91. The predicted octanol–water partition coefficient (Wildman–Crippen LogP) is 3.47. The Morgan fingerprint density at radius 1 is 1.03 bits per heavy atom. The topological polar surface area (TPSA) is 68.5 Å². The van der Waals surface area contributed by atoms with Gasteiger partial charge in [-0.25, -0.2) is 4.98 Å². The van der Waals surface area contributed by atoms with E-state index in [9.17, 15) is 0 Å². The minimum Gasteiger partial charge on any atom is -0.368 e. The predicted molar refractivity (Wildman–Crippen MR) is 130 cm³/mol. The smallest absolute Gasteiger partial charge is 0.175 e. The molecule has 1 aliphatic carbocycles. The molecular weight excluding hydrogens is 452 g/mol. The molecule has 1 saturated carbocycles. The van der Waals surface area contributed by atoms with Crippen LogP contribution in [0.3, 0.4) is 0 Å². The molecule has 0 atom stereocenters. The van der Waals surface area contributed by atoms with E-state index in [1.54, 1.807) is 6.33 Å². The lowest BCUT2D eigenvalue weighted by atomic mass is 10.1. The van der Waals surface area contributed by atoms with Crippen LogP contribution in [0, 0.1) is 5.41 Å². The largest absolute Gasteiger partial charge is 0.368 e. The normalized spacial score (nSPS) is 20.7. The van der Waals surface area contributed by atoms with Crippen LogP contribution in [0.15, 0.2) is 49.2 Å². The van der Waals surface area contributed by atoms with Crippen LogP contribution < -0.4 is 4.90 Å². The van der Waals surface area contributed by atoms with Crippen molar-refractivity contribution in [2.75, 3.05) is 44.3 Å². The fourth-order valence-corrected chi connectivity index (χ4v) is 4.89. The summed E-state index contributed by atoms with van der Waals surface area (Å²) in [6.07, 6.45) is 9.71. The molecule has 8 nitrogen and oxygen atoms in total. The van der Waals surface area contributed by atoms with Gasteiger partial charge < -0.3 is 18.9 Å². The van der Waals surface area contributed by atoms with Crippen molar-refractivity contribution in [1.29, 1.82) is 0 Å². The zero-order valence-corrected chi connectivity index (χ0v) is 19.9.